The average Bonchev–Trinajstić information content (AvgIpc) is 2.74. The van der Waals surface area contributed by atoms with Crippen LogP contribution in [-0.4, -0.2) is 42.9 Å². The first-order valence-corrected chi connectivity index (χ1v) is 9.23. The van der Waals surface area contributed by atoms with Gasteiger partial charge < -0.3 is 24.6 Å². The number of halogens is 1. The molecule has 1 amide bonds. The van der Waals surface area contributed by atoms with Crippen molar-refractivity contribution < 1.29 is 29.3 Å². The number of hydrogen-bond donors (Lipinski definition) is 2. The molecule has 0 heterocycles. The average molecular weight is 432 g/mol. The number of hydrogen-bond acceptors (Lipinski definition) is 5. The van der Waals surface area contributed by atoms with E-state index in [0.29, 0.717) is 33.3 Å². The van der Waals surface area contributed by atoms with Crippen molar-refractivity contribution in [3.8, 4) is 11.5 Å². The van der Waals surface area contributed by atoms with Gasteiger partial charge in [0.05, 0.1) is 19.9 Å². The van der Waals surface area contributed by atoms with Gasteiger partial charge in [0, 0.05) is 34.8 Å². The molecule has 1 atom stereocenters. The van der Waals surface area contributed by atoms with Gasteiger partial charge in [-0.2, -0.15) is 0 Å². The number of carboxylic acids is 1. The molecule has 0 aliphatic rings. The van der Waals surface area contributed by atoms with Crippen LogP contribution in [0.4, 0.5) is 5.69 Å². The lowest BCUT2D eigenvalue weighted by Crippen LogP contribution is -2.31. The molecule has 0 fully saturated rings. The van der Waals surface area contributed by atoms with Crippen LogP contribution in [0, 0.1) is 0 Å². The van der Waals surface area contributed by atoms with Crippen molar-refractivity contribution in [3.05, 3.63) is 77.4 Å². The summed E-state index contributed by atoms with van der Waals surface area (Å²) in [6.07, 6.45) is 1.95. The van der Waals surface area contributed by atoms with Gasteiger partial charge in [0.2, 0.25) is 0 Å². The summed E-state index contributed by atoms with van der Waals surface area (Å²) < 4.78 is 10.7. The van der Waals surface area contributed by atoms with Crippen molar-refractivity contribution in [2.24, 2.45) is 0 Å². The first kappa shape index (κ1) is 23.0. The van der Waals surface area contributed by atoms with Gasteiger partial charge in [-0.15, -0.1) is 6.58 Å². The highest BCUT2D eigenvalue weighted by Crippen LogP contribution is 2.40. The molecule has 1 unspecified atom stereocenters. The van der Waals surface area contributed by atoms with Crippen LogP contribution in [0.25, 0.3) is 0 Å². The Hall–Kier alpha value is -3.29. The van der Waals surface area contributed by atoms with Crippen molar-refractivity contribution in [1.29, 1.82) is 0 Å². The molecule has 0 radical (unpaired) electrons. The number of carboxylic acid groups (broad SMARTS) is 1. The number of aliphatic hydroxyl groups is 1. The van der Waals surface area contributed by atoms with E-state index in [1.807, 2.05) is 0 Å². The summed E-state index contributed by atoms with van der Waals surface area (Å²) in [6, 6.07) is 9.74. The van der Waals surface area contributed by atoms with E-state index >= 15 is 0 Å². The third-order valence-electron chi connectivity index (χ3n) is 4.25. The number of ether oxygens (including phenoxy) is 2. The van der Waals surface area contributed by atoms with E-state index in [-0.39, 0.29) is 6.54 Å². The molecule has 2 aromatic carbocycles. The zero-order valence-corrected chi connectivity index (χ0v) is 17.3. The van der Waals surface area contributed by atoms with Crippen LogP contribution in [0.3, 0.4) is 0 Å². The number of anilines is 1. The second-order valence-electron chi connectivity index (χ2n) is 6.10. The minimum Gasteiger partial charge on any atom is -0.493 e. The van der Waals surface area contributed by atoms with Crippen molar-refractivity contribution in [1.82, 2.24) is 0 Å². The molecule has 0 aliphatic heterocycles. The van der Waals surface area contributed by atoms with Gasteiger partial charge >= 0.3 is 5.97 Å². The summed E-state index contributed by atoms with van der Waals surface area (Å²) in [5.74, 6) is -1.07. The molecule has 0 saturated heterocycles. The van der Waals surface area contributed by atoms with Gasteiger partial charge in [0.1, 0.15) is 6.10 Å². The summed E-state index contributed by atoms with van der Waals surface area (Å²) in [7, 11) is 2.94. The zero-order valence-electron chi connectivity index (χ0n) is 16.5. The number of aliphatic carboxylic acids is 1. The van der Waals surface area contributed by atoms with Crippen molar-refractivity contribution >= 4 is 29.2 Å². The lowest BCUT2D eigenvalue weighted by Gasteiger charge is -2.26. The van der Waals surface area contributed by atoms with Crippen molar-refractivity contribution in [2.75, 3.05) is 25.7 Å². The van der Waals surface area contributed by atoms with Gasteiger partial charge in [0.25, 0.3) is 5.91 Å². The molecule has 158 valence electrons. The fraction of sp³-hybridized carbons (Fsp3) is 0.182. The van der Waals surface area contributed by atoms with Crippen LogP contribution >= 0.6 is 11.6 Å². The summed E-state index contributed by atoms with van der Waals surface area (Å²) in [5.41, 5.74) is 1.08. The van der Waals surface area contributed by atoms with E-state index in [4.69, 9.17) is 26.2 Å². The fourth-order valence-electron chi connectivity index (χ4n) is 2.95. The molecule has 2 N–H and O–H groups in total. The van der Waals surface area contributed by atoms with Gasteiger partial charge in [-0.25, -0.2) is 4.79 Å². The van der Waals surface area contributed by atoms with Crippen molar-refractivity contribution in [2.45, 2.75) is 6.10 Å². The summed E-state index contributed by atoms with van der Waals surface area (Å²) >= 11 is 6.16. The molecule has 0 spiro atoms. The van der Waals surface area contributed by atoms with E-state index in [0.717, 1.165) is 12.2 Å². The Morgan fingerprint density at radius 2 is 1.90 bits per heavy atom. The number of aliphatic hydroxyl groups excluding tert-OH is 1. The van der Waals surface area contributed by atoms with Gasteiger partial charge in [-0.3, -0.25) is 4.79 Å². The van der Waals surface area contributed by atoms with Gasteiger partial charge in [-0.1, -0.05) is 29.8 Å². The maximum absolute atomic E-state index is 12.6. The molecule has 0 bridgehead atoms. The summed E-state index contributed by atoms with van der Waals surface area (Å²) in [5, 5.41) is 20.3. The quantitative estimate of drug-likeness (QED) is 0.465. The lowest BCUT2D eigenvalue weighted by atomic mass is 9.97. The molecule has 0 saturated carbocycles. The smallest absolute Gasteiger partial charge is 0.328 e. The largest absolute Gasteiger partial charge is 0.493 e. The maximum atomic E-state index is 12.6. The second kappa shape index (κ2) is 10.5. The van der Waals surface area contributed by atoms with E-state index < -0.39 is 18.0 Å². The Bertz CT molecular complexity index is 972. The first-order chi connectivity index (χ1) is 14.3. The fourth-order valence-corrected chi connectivity index (χ4v) is 3.13. The number of carbonyl (C=O) groups is 2. The second-order valence-corrected chi connectivity index (χ2v) is 6.53. The van der Waals surface area contributed by atoms with Gasteiger partial charge in [-0.05, 0) is 24.3 Å². The minimum absolute atomic E-state index is 0.0827. The number of rotatable bonds is 9. The highest BCUT2D eigenvalue weighted by Gasteiger charge is 2.25. The Labute approximate surface area is 179 Å². The molecule has 0 aliphatic carbocycles. The topological polar surface area (TPSA) is 96.3 Å². The van der Waals surface area contributed by atoms with E-state index in [2.05, 4.69) is 6.58 Å². The van der Waals surface area contributed by atoms with E-state index in [1.165, 1.54) is 31.3 Å². The molecule has 2 rings (SSSR count). The molecule has 0 aromatic heterocycles. The Kier molecular flexibility index (Phi) is 8.03. The monoisotopic (exact) mass is 431 g/mol. The van der Waals surface area contributed by atoms with Crippen LogP contribution in [0.5, 0.6) is 11.5 Å². The van der Waals surface area contributed by atoms with E-state index in [9.17, 15) is 14.7 Å². The number of carbonyl (C=O) groups excluding carboxylic acids is 1. The lowest BCUT2D eigenvalue weighted by molar-refractivity contribution is -0.131. The number of amides is 1. The van der Waals surface area contributed by atoms with Crippen molar-refractivity contribution in [3.63, 3.8) is 0 Å². The van der Waals surface area contributed by atoms with Crippen LogP contribution in [0.1, 0.15) is 17.2 Å². The Morgan fingerprint density at radius 1 is 1.17 bits per heavy atom. The molecule has 30 heavy (non-hydrogen) atoms. The number of nitrogens with zero attached hydrogens (tertiary/aromatic N) is 1. The van der Waals surface area contributed by atoms with Gasteiger partial charge in [0.15, 0.2) is 11.5 Å². The maximum Gasteiger partial charge on any atom is 0.328 e. The normalized spacial score (nSPS) is 11.7. The van der Waals surface area contributed by atoms with Crippen LogP contribution < -0.4 is 14.4 Å². The molecule has 8 heteroatoms. The predicted molar refractivity (Wildman–Crippen MR) is 114 cm³/mol. The summed E-state index contributed by atoms with van der Waals surface area (Å²) in [6.45, 7) is 3.73. The van der Waals surface area contributed by atoms with Crippen LogP contribution in [0.15, 0.2) is 61.2 Å². The molecular formula is C22H22ClNO6. The third kappa shape index (κ3) is 5.20. The van der Waals surface area contributed by atoms with E-state index in [1.54, 1.807) is 30.3 Å². The van der Waals surface area contributed by atoms with Crippen LogP contribution in [-0.2, 0) is 9.59 Å². The first-order valence-electron chi connectivity index (χ1n) is 8.85. The Balaban J connectivity index is 2.62. The predicted octanol–water partition coefficient (Wildman–Crippen LogP) is 3.60. The molecule has 7 nitrogen and oxygen atoms in total. The number of methoxy groups -OCH3 is 2. The minimum atomic E-state index is -1.25. The third-order valence-corrected chi connectivity index (χ3v) is 4.48. The number of benzene rings is 2. The zero-order chi connectivity index (χ0) is 22.3. The highest BCUT2D eigenvalue weighted by atomic mass is 35.5. The van der Waals surface area contributed by atoms with Crippen LogP contribution in [0.2, 0.25) is 5.02 Å². The highest BCUT2D eigenvalue weighted by molar-refractivity contribution is 6.30. The molecule has 2 aromatic rings. The summed E-state index contributed by atoms with van der Waals surface area (Å²) in [4.78, 5) is 24.7. The Morgan fingerprint density at radius 3 is 2.50 bits per heavy atom. The molecular weight excluding hydrogens is 410 g/mol. The number of para-hydroxylation sites is 1. The standard InChI is InChI=1S/C22H22ClNO6/c1-4-12-24(19(25)10-11-20(26)27)17-9-8-14(23)13-16(17)21(28)15-6-5-7-18(29-2)22(15)30-3/h4-11,13,21,28H,1,12H2,2-3H3,(H,26,27). The SMILES string of the molecule is C=CCN(C(=O)C=CC(=O)O)c1ccc(Cl)cc1C(O)c1cccc(OC)c1OC.